The van der Waals surface area contributed by atoms with Gasteiger partial charge in [0.15, 0.2) is 0 Å². The second-order valence-electron chi connectivity index (χ2n) is 3.24. The van der Waals surface area contributed by atoms with Crippen molar-refractivity contribution in [3.05, 3.63) is 46.7 Å². The van der Waals surface area contributed by atoms with Crippen LogP contribution in [0.25, 0.3) is 0 Å². The molecule has 2 rings (SSSR count). The standard InChI is InChI=1S/C11H8FNO2S2/c12-9-4-7(3-8(5-9)10(14)15)6-17-11-13-1-2-16-11/h1-5H,6H2,(H,14,15). The van der Waals surface area contributed by atoms with Gasteiger partial charge >= 0.3 is 5.97 Å². The van der Waals surface area contributed by atoms with Crippen LogP contribution in [0.15, 0.2) is 34.1 Å². The summed E-state index contributed by atoms with van der Waals surface area (Å²) >= 11 is 2.96. The third-order valence-electron chi connectivity index (χ3n) is 1.98. The van der Waals surface area contributed by atoms with Crippen molar-refractivity contribution in [2.45, 2.75) is 10.1 Å². The van der Waals surface area contributed by atoms with Crippen molar-refractivity contribution >= 4 is 29.1 Å². The summed E-state index contributed by atoms with van der Waals surface area (Å²) in [6, 6.07) is 3.83. The minimum atomic E-state index is -1.12. The summed E-state index contributed by atoms with van der Waals surface area (Å²) in [6.45, 7) is 0. The SMILES string of the molecule is O=C(O)c1cc(F)cc(CSc2nccs2)c1. The van der Waals surface area contributed by atoms with Gasteiger partial charge in [-0.05, 0) is 23.8 Å². The number of carboxylic acids is 1. The van der Waals surface area contributed by atoms with Crippen molar-refractivity contribution in [1.29, 1.82) is 0 Å². The molecule has 0 bridgehead atoms. The number of benzene rings is 1. The first kappa shape index (κ1) is 12.1. The smallest absolute Gasteiger partial charge is 0.335 e. The highest BCUT2D eigenvalue weighted by atomic mass is 32.2. The van der Waals surface area contributed by atoms with Crippen LogP contribution < -0.4 is 0 Å². The van der Waals surface area contributed by atoms with E-state index in [2.05, 4.69) is 4.98 Å². The summed E-state index contributed by atoms with van der Waals surface area (Å²) < 4.78 is 14.0. The molecular formula is C11H8FNO2S2. The van der Waals surface area contributed by atoms with E-state index in [1.165, 1.54) is 35.2 Å². The zero-order valence-corrected chi connectivity index (χ0v) is 10.2. The van der Waals surface area contributed by atoms with Crippen molar-refractivity contribution < 1.29 is 14.3 Å². The molecule has 1 N–H and O–H groups in total. The molecule has 1 aromatic carbocycles. The maximum absolute atomic E-state index is 13.2. The zero-order valence-electron chi connectivity index (χ0n) is 8.59. The van der Waals surface area contributed by atoms with Crippen LogP contribution in [0.4, 0.5) is 4.39 Å². The number of thioether (sulfide) groups is 1. The van der Waals surface area contributed by atoms with Gasteiger partial charge in [0.25, 0.3) is 0 Å². The third kappa shape index (κ3) is 3.28. The molecule has 0 atom stereocenters. The van der Waals surface area contributed by atoms with Gasteiger partial charge in [-0.2, -0.15) is 0 Å². The zero-order chi connectivity index (χ0) is 12.3. The number of carbonyl (C=O) groups is 1. The minimum absolute atomic E-state index is 0.0280. The lowest BCUT2D eigenvalue weighted by atomic mass is 10.1. The Morgan fingerprint density at radius 3 is 2.94 bits per heavy atom. The number of aromatic nitrogens is 1. The van der Waals surface area contributed by atoms with Crippen LogP contribution >= 0.6 is 23.1 Å². The predicted octanol–water partition coefficient (Wildman–Crippen LogP) is 3.27. The number of nitrogens with zero attached hydrogens (tertiary/aromatic N) is 1. The summed E-state index contributed by atoms with van der Waals surface area (Å²) in [5, 5.41) is 10.7. The van der Waals surface area contributed by atoms with Gasteiger partial charge in [0, 0.05) is 17.3 Å². The molecule has 0 aliphatic rings. The maximum Gasteiger partial charge on any atom is 0.335 e. The number of rotatable bonds is 4. The molecule has 1 aromatic heterocycles. The van der Waals surface area contributed by atoms with Crippen molar-refractivity contribution in [1.82, 2.24) is 4.98 Å². The third-order valence-corrected chi connectivity index (χ3v) is 4.01. The van der Waals surface area contributed by atoms with Crippen LogP contribution in [0, 0.1) is 5.82 Å². The number of aromatic carboxylic acids is 1. The summed E-state index contributed by atoms with van der Waals surface area (Å²) in [7, 11) is 0. The monoisotopic (exact) mass is 269 g/mol. The quantitative estimate of drug-likeness (QED) is 0.865. The first-order chi connectivity index (χ1) is 8.15. The molecule has 0 radical (unpaired) electrons. The Morgan fingerprint density at radius 2 is 2.29 bits per heavy atom. The molecule has 0 aliphatic carbocycles. The summed E-state index contributed by atoms with van der Waals surface area (Å²) in [5.41, 5.74) is 0.613. The Morgan fingerprint density at radius 1 is 1.47 bits per heavy atom. The highest BCUT2D eigenvalue weighted by Gasteiger charge is 2.07. The van der Waals surface area contributed by atoms with Gasteiger partial charge in [0.05, 0.1) is 5.56 Å². The highest BCUT2D eigenvalue weighted by molar-refractivity contribution is 8.00. The van der Waals surface area contributed by atoms with Gasteiger partial charge in [-0.3, -0.25) is 0 Å². The van der Waals surface area contributed by atoms with E-state index in [1.807, 2.05) is 5.38 Å². The van der Waals surface area contributed by atoms with Crippen LogP contribution in [0.2, 0.25) is 0 Å². The minimum Gasteiger partial charge on any atom is -0.478 e. The molecule has 0 fully saturated rings. The normalized spacial score (nSPS) is 10.4. The molecule has 0 amide bonds. The Kier molecular flexibility index (Phi) is 3.75. The second-order valence-corrected chi connectivity index (χ2v) is 5.36. The van der Waals surface area contributed by atoms with Crippen molar-refractivity contribution in [3.8, 4) is 0 Å². The van der Waals surface area contributed by atoms with E-state index in [9.17, 15) is 9.18 Å². The van der Waals surface area contributed by atoms with E-state index < -0.39 is 11.8 Å². The summed E-state index contributed by atoms with van der Waals surface area (Å²) in [5.74, 6) is -1.14. The average molecular weight is 269 g/mol. The lowest BCUT2D eigenvalue weighted by Crippen LogP contribution is -1.98. The molecule has 1 heterocycles. The Balaban J connectivity index is 2.13. The fraction of sp³-hybridized carbons (Fsp3) is 0.0909. The fourth-order valence-corrected chi connectivity index (χ4v) is 2.85. The molecule has 0 spiro atoms. The van der Waals surface area contributed by atoms with Gasteiger partial charge in [-0.1, -0.05) is 11.8 Å². The van der Waals surface area contributed by atoms with Crippen LogP contribution in [-0.2, 0) is 5.75 Å². The molecule has 88 valence electrons. The molecule has 17 heavy (non-hydrogen) atoms. The topological polar surface area (TPSA) is 50.2 Å². The predicted molar refractivity (Wildman–Crippen MR) is 65.0 cm³/mol. The highest BCUT2D eigenvalue weighted by Crippen LogP contribution is 2.25. The van der Waals surface area contributed by atoms with Crippen LogP contribution in [-0.4, -0.2) is 16.1 Å². The van der Waals surface area contributed by atoms with E-state index in [1.54, 1.807) is 6.20 Å². The first-order valence-corrected chi connectivity index (χ1v) is 6.57. The molecule has 0 aliphatic heterocycles. The van der Waals surface area contributed by atoms with Crippen molar-refractivity contribution in [2.75, 3.05) is 0 Å². The van der Waals surface area contributed by atoms with E-state index in [0.29, 0.717) is 11.3 Å². The maximum atomic E-state index is 13.2. The molecule has 2 aromatic rings. The number of thiazole rings is 1. The molecule has 0 unspecified atom stereocenters. The first-order valence-electron chi connectivity index (χ1n) is 4.70. The van der Waals surface area contributed by atoms with Crippen LogP contribution in [0.5, 0.6) is 0 Å². The Bertz CT molecular complexity index is 528. The average Bonchev–Trinajstić information content (AvgIpc) is 2.78. The lowest BCUT2D eigenvalue weighted by Gasteiger charge is -2.02. The summed E-state index contributed by atoms with van der Waals surface area (Å²) in [6.07, 6.45) is 1.70. The van der Waals surface area contributed by atoms with E-state index in [4.69, 9.17) is 5.11 Å². The summed E-state index contributed by atoms with van der Waals surface area (Å²) in [4.78, 5) is 14.8. The van der Waals surface area contributed by atoms with Gasteiger partial charge in [-0.25, -0.2) is 14.2 Å². The molecule has 0 saturated heterocycles. The van der Waals surface area contributed by atoms with Crippen LogP contribution in [0.1, 0.15) is 15.9 Å². The van der Waals surface area contributed by atoms with Gasteiger partial charge in [0.2, 0.25) is 0 Å². The molecule has 3 nitrogen and oxygen atoms in total. The van der Waals surface area contributed by atoms with Crippen molar-refractivity contribution in [3.63, 3.8) is 0 Å². The second kappa shape index (κ2) is 5.29. The molecular weight excluding hydrogens is 261 g/mol. The van der Waals surface area contributed by atoms with Crippen molar-refractivity contribution in [2.24, 2.45) is 0 Å². The molecule has 6 heteroatoms. The Labute approximate surface area is 105 Å². The van der Waals surface area contributed by atoms with E-state index in [0.717, 1.165) is 10.4 Å². The number of halogens is 1. The lowest BCUT2D eigenvalue weighted by molar-refractivity contribution is 0.0696. The van der Waals surface area contributed by atoms with E-state index >= 15 is 0 Å². The van der Waals surface area contributed by atoms with E-state index in [-0.39, 0.29) is 5.56 Å². The number of hydrogen-bond donors (Lipinski definition) is 1. The van der Waals surface area contributed by atoms with Gasteiger partial charge in [-0.15, -0.1) is 11.3 Å². The van der Waals surface area contributed by atoms with Crippen LogP contribution in [0.3, 0.4) is 0 Å². The number of hydrogen-bond acceptors (Lipinski definition) is 4. The molecule has 0 saturated carbocycles. The van der Waals surface area contributed by atoms with Gasteiger partial charge < -0.3 is 5.11 Å². The van der Waals surface area contributed by atoms with Gasteiger partial charge in [0.1, 0.15) is 10.2 Å². The number of carboxylic acid groups (broad SMARTS) is 1. The largest absolute Gasteiger partial charge is 0.478 e. The Hall–Kier alpha value is -1.40. The fourth-order valence-electron chi connectivity index (χ4n) is 1.28.